The van der Waals surface area contributed by atoms with Gasteiger partial charge in [-0.25, -0.2) is 0 Å². The summed E-state index contributed by atoms with van der Waals surface area (Å²) in [7, 11) is 1.95. The van der Waals surface area contributed by atoms with Crippen LogP contribution in [0.25, 0.3) is 32.9 Å². The van der Waals surface area contributed by atoms with Gasteiger partial charge in [0.2, 0.25) is 0 Å². The van der Waals surface area contributed by atoms with E-state index < -0.39 is 0 Å². The molecule has 0 aliphatic rings. The fraction of sp³-hybridized carbons (Fsp3) is 0.0625. The van der Waals surface area contributed by atoms with Gasteiger partial charge in [-0.3, -0.25) is 14.6 Å². The first-order chi connectivity index (χ1) is 9.81. The molecule has 0 spiro atoms. The maximum absolute atomic E-state index is 4.49. The minimum atomic E-state index is 0.963. The smallest absolute Gasteiger partial charge is 0.0733 e. The average Bonchev–Trinajstić information content (AvgIpc) is 2.88. The van der Waals surface area contributed by atoms with E-state index in [1.165, 1.54) is 0 Å². The fourth-order valence-electron chi connectivity index (χ4n) is 2.45. The van der Waals surface area contributed by atoms with Crippen LogP contribution in [0, 0.1) is 0 Å². The quantitative estimate of drug-likeness (QED) is 0.528. The molecule has 4 rings (SSSR count). The molecule has 96 valence electrons. The van der Waals surface area contributed by atoms with Gasteiger partial charge >= 0.3 is 0 Å². The van der Waals surface area contributed by atoms with Crippen molar-refractivity contribution < 1.29 is 0 Å². The number of rotatable bonds is 1. The molecule has 4 nitrogen and oxygen atoms in total. The molecule has 20 heavy (non-hydrogen) atoms. The molecule has 4 aromatic rings. The Kier molecular flexibility index (Phi) is 2.29. The Morgan fingerprint density at radius 1 is 0.900 bits per heavy atom. The van der Waals surface area contributed by atoms with Gasteiger partial charge in [0.05, 0.1) is 17.2 Å². The molecule has 0 amide bonds. The van der Waals surface area contributed by atoms with Crippen LogP contribution in [0.3, 0.4) is 0 Å². The fourth-order valence-corrected chi connectivity index (χ4v) is 2.45. The summed E-state index contributed by atoms with van der Waals surface area (Å²) in [5.41, 5.74) is 4.31. The molecule has 0 bridgehead atoms. The zero-order chi connectivity index (χ0) is 13.5. The Hall–Kier alpha value is -2.75. The summed E-state index contributed by atoms with van der Waals surface area (Å²) in [4.78, 5) is 8.63. The van der Waals surface area contributed by atoms with Crippen molar-refractivity contribution in [2.75, 3.05) is 0 Å². The van der Waals surface area contributed by atoms with Crippen molar-refractivity contribution in [3.8, 4) is 11.1 Å². The molecule has 0 saturated heterocycles. The van der Waals surface area contributed by atoms with Gasteiger partial charge < -0.3 is 0 Å². The van der Waals surface area contributed by atoms with Crippen LogP contribution in [-0.4, -0.2) is 19.7 Å². The Labute approximate surface area is 115 Å². The number of aromatic nitrogens is 4. The lowest BCUT2D eigenvalue weighted by Gasteiger charge is -2.04. The van der Waals surface area contributed by atoms with Crippen molar-refractivity contribution in [2.24, 2.45) is 7.05 Å². The lowest BCUT2D eigenvalue weighted by molar-refractivity contribution is 0.797. The van der Waals surface area contributed by atoms with Crippen molar-refractivity contribution in [3.63, 3.8) is 0 Å². The van der Waals surface area contributed by atoms with E-state index in [1.807, 2.05) is 36.4 Å². The van der Waals surface area contributed by atoms with Gasteiger partial charge in [0.1, 0.15) is 0 Å². The SMILES string of the molecule is Cn1ncc2ccc(-c3cnc4ccncc4c3)cc21. The third-order valence-corrected chi connectivity index (χ3v) is 3.56. The highest BCUT2D eigenvalue weighted by Crippen LogP contribution is 2.25. The highest BCUT2D eigenvalue weighted by molar-refractivity contribution is 5.87. The Morgan fingerprint density at radius 2 is 1.85 bits per heavy atom. The number of nitrogens with zero attached hydrogens (tertiary/aromatic N) is 4. The van der Waals surface area contributed by atoms with Crippen LogP contribution in [0.15, 0.2) is 55.1 Å². The van der Waals surface area contributed by atoms with E-state index in [0.717, 1.165) is 32.9 Å². The summed E-state index contributed by atoms with van der Waals surface area (Å²) >= 11 is 0. The first-order valence-corrected chi connectivity index (χ1v) is 6.43. The van der Waals surface area contributed by atoms with Crippen LogP contribution in [0.2, 0.25) is 0 Å². The number of benzene rings is 1. The molecule has 0 fully saturated rings. The van der Waals surface area contributed by atoms with Crippen LogP contribution in [0.1, 0.15) is 0 Å². The first kappa shape index (κ1) is 11.1. The second-order valence-corrected chi connectivity index (χ2v) is 4.83. The lowest BCUT2D eigenvalue weighted by atomic mass is 10.0. The van der Waals surface area contributed by atoms with Crippen molar-refractivity contribution in [3.05, 3.63) is 55.1 Å². The number of pyridine rings is 2. The predicted octanol–water partition coefficient (Wildman–Crippen LogP) is 3.18. The normalized spacial score (nSPS) is 11.2. The van der Waals surface area contributed by atoms with Crippen molar-refractivity contribution in [1.82, 2.24) is 19.7 Å². The molecule has 4 heteroatoms. The van der Waals surface area contributed by atoms with Crippen LogP contribution in [-0.2, 0) is 7.05 Å². The minimum Gasteiger partial charge on any atom is -0.268 e. The summed E-state index contributed by atoms with van der Waals surface area (Å²) in [6.45, 7) is 0. The van der Waals surface area contributed by atoms with E-state index in [-0.39, 0.29) is 0 Å². The van der Waals surface area contributed by atoms with Gasteiger partial charge in [-0.05, 0) is 23.8 Å². The Balaban J connectivity index is 1.93. The van der Waals surface area contributed by atoms with Crippen LogP contribution < -0.4 is 0 Å². The molecular formula is C16H12N4. The van der Waals surface area contributed by atoms with Gasteiger partial charge in [0, 0.05) is 42.0 Å². The molecule has 0 aliphatic heterocycles. The van der Waals surface area contributed by atoms with Crippen LogP contribution in [0.5, 0.6) is 0 Å². The molecule has 0 N–H and O–H groups in total. The summed E-state index contributed by atoms with van der Waals surface area (Å²) < 4.78 is 1.88. The number of fused-ring (bicyclic) bond motifs is 2. The second kappa shape index (κ2) is 4.13. The van der Waals surface area contributed by atoms with Gasteiger partial charge in [0.15, 0.2) is 0 Å². The first-order valence-electron chi connectivity index (χ1n) is 6.43. The lowest BCUT2D eigenvalue weighted by Crippen LogP contribution is -1.89. The van der Waals surface area contributed by atoms with E-state index in [4.69, 9.17) is 0 Å². The summed E-state index contributed by atoms with van der Waals surface area (Å²) in [5, 5.41) is 6.47. The van der Waals surface area contributed by atoms with Crippen molar-refractivity contribution in [1.29, 1.82) is 0 Å². The highest BCUT2D eigenvalue weighted by Gasteiger charge is 2.04. The van der Waals surface area contributed by atoms with E-state index in [1.54, 1.807) is 6.20 Å². The average molecular weight is 260 g/mol. The summed E-state index contributed by atoms with van der Waals surface area (Å²) in [5.74, 6) is 0. The van der Waals surface area contributed by atoms with E-state index >= 15 is 0 Å². The zero-order valence-corrected chi connectivity index (χ0v) is 11.0. The number of hydrogen-bond donors (Lipinski definition) is 0. The number of hydrogen-bond acceptors (Lipinski definition) is 3. The van der Waals surface area contributed by atoms with Gasteiger partial charge in [-0.15, -0.1) is 0 Å². The Morgan fingerprint density at radius 3 is 2.80 bits per heavy atom. The van der Waals surface area contributed by atoms with Crippen LogP contribution >= 0.6 is 0 Å². The predicted molar refractivity (Wildman–Crippen MR) is 79.2 cm³/mol. The van der Waals surface area contributed by atoms with Gasteiger partial charge in [-0.2, -0.15) is 5.10 Å². The van der Waals surface area contributed by atoms with Crippen LogP contribution in [0.4, 0.5) is 0 Å². The molecule has 1 aromatic carbocycles. The molecule has 3 heterocycles. The van der Waals surface area contributed by atoms with Gasteiger partial charge in [-0.1, -0.05) is 12.1 Å². The molecule has 0 aliphatic carbocycles. The van der Waals surface area contributed by atoms with E-state index in [0.29, 0.717) is 0 Å². The molecule has 0 saturated carbocycles. The molecule has 3 aromatic heterocycles. The molecule has 0 unspecified atom stereocenters. The topological polar surface area (TPSA) is 43.6 Å². The molecule has 0 atom stereocenters. The van der Waals surface area contributed by atoms with Crippen molar-refractivity contribution in [2.45, 2.75) is 0 Å². The third-order valence-electron chi connectivity index (χ3n) is 3.56. The summed E-state index contributed by atoms with van der Waals surface area (Å²) in [6, 6.07) is 10.4. The minimum absolute atomic E-state index is 0.963. The zero-order valence-electron chi connectivity index (χ0n) is 11.0. The van der Waals surface area contributed by atoms with E-state index in [9.17, 15) is 0 Å². The Bertz CT molecular complexity index is 924. The second-order valence-electron chi connectivity index (χ2n) is 4.83. The maximum atomic E-state index is 4.49. The maximum Gasteiger partial charge on any atom is 0.0733 e. The highest BCUT2D eigenvalue weighted by atomic mass is 15.2. The van der Waals surface area contributed by atoms with Crippen molar-refractivity contribution >= 4 is 21.8 Å². The van der Waals surface area contributed by atoms with E-state index in [2.05, 4.69) is 39.3 Å². The monoisotopic (exact) mass is 260 g/mol. The molecule has 0 radical (unpaired) electrons. The van der Waals surface area contributed by atoms with Gasteiger partial charge in [0.25, 0.3) is 0 Å². The third kappa shape index (κ3) is 1.66. The largest absolute Gasteiger partial charge is 0.268 e. The summed E-state index contributed by atoms with van der Waals surface area (Å²) in [6.07, 6.45) is 7.38. The molecular weight excluding hydrogens is 248 g/mol. The number of aryl methyl sites for hydroxylation is 1. The standard InChI is InChI=1S/C16H12N4/c1-20-16-7-11(2-3-12(16)10-19-20)13-6-14-8-17-5-4-15(14)18-9-13/h2-10H,1H3.